The van der Waals surface area contributed by atoms with E-state index >= 15 is 0 Å². The Kier molecular flexibility index (Phi) is 8.23. The van der Waals surface area contributed by atoms with Crippen molar-refractivity contribution in [2.24, 2.45) is 0 Å². The number of rotatable bonds is 7. The zero-order chi connectivity index (χ0) is 27.5. The van der Waals surface area contributed by atoms with Crippen molar-refractivity contribution in [3.05, 3.63) is 71.9 Å². The van der Waals surface area contributed by atoms with Gasteiger partial charge in [0.2, 0.25) is 5.95 Å². The van der Waals surface area contributed by atoms with E-state index in [0.717, 1.165) is 0 Å². The highest BCUT2D eigenvalue weighted by atomic mass is 35.5. The van der Waals surface area contributed by atoms with Gasteiger partial charge in [-0.3, -0.25) is 4.90 Å². The van der Waals surface area contributed by atoms with Gasteiger partial charge >= 0.3 is 6.09 Å². The molecular formula is C29H35ClN4O4Si. The third-order valence-electron chi connectivity index (χ3n) is 7.36. The summed E-state index contributed by atoms with van der Waals surface area (Å²) in [6.45, 7) is 9.87. The quantitative estimate of drug-likeness (QED) is 0.312. The lowest BCUT2D eigenvalue weighted by molar-refractivity contribution is 0.117. The molecule has 0 aliphatic carbocycles. The molecule has 206 valence electrons. The van der Waals surface area contributed by atoms with Crippen LogP contribution in [0.3, 0.4) is 0 Å². The second kappa shape index (κ2) is 11.6. The Hall–Kier alpha value is -2.98. The van der Waals surface area contributed by atoms with Gasteiger partial charge < -0.3 is 18.8 Å². The van der Waals surface area contributed by atoms with E-state index in [1.165, 1.54) is 10.4 Å². The number of morpholine rings is 1. The average molecular weight is 567 g/mol. The molecule has 1 aromatic heterocycles. The predicted octanol–water partition coefficient (Wildman–Crippen LogP) is 4.26. The minimum absolute atomic E-state index is 0.183. The molecule has 8 nitrogen and oxygen atoms in total. The van der Waals surface area contributed by atoms with Gasteiger partial charge in [0, 0.05) is 25.6 Å². The van der Waals surface area contributed by atoms with Crippen molar-refractivity contribution >= 4 is 48.2 Å². The first kappa shape index (κ1) is 27.6. The molecule has 0 radical (unpaired) electrons. The number of carbonyl (C=O) groups is 1. The van der Waals surface area contributed by atoms with Gasteiger partial charge in [0.1, 0.15) is 11.0 Å². The molecule has 3 heterocycles. The monoisotopic (exact) mass is 566 g/mol. The summed E-state index contributed by atoms with van der Waals surface area (Å²) >= 11 is 6.44. The first-order chi connectivity index (χ1) is 18.8. The van der Waals surface area contributed by atoms with Crippen molar-refractivity contribution in [1.82, 2.24) is 9.97 Å². The largest absolute Gasteiger partial charge is 0.449 e. The third-order valence-corrected chi connectivity index (χ3v) is 12.6. The van der Waals surface area contributed by atoms with E-state index in [4.69, 9.17) is 30.5 Å². The van der Waals surface area contributed by atoms with Gasteiger partial charge in [0.05, 0.1) is 32.5 Å². The lowest BCUT2D eigenvalue weighted by Gasteiger charge is -2.45. The number of amides is 1. The Bertz CT molecular complexity index is 1230. The molecule has 0 N–H and O–H groups in total. The molecule has 0 bridgehead atoms. The zero-order valence-electron chi connectivity index (χ0n) is 22.7. The molecule has 2 saturated heterocycles. The van der Waals surface area contributed by atoms with Gasteiger partial charge in [-0.25, -0.2) is 9.78 Å². The highest BCUT2D eigenvalue weighted by molar-refractivity contribution is 6.99. The van der Waals surface area contributed by atoms with E-state index in [1.54, 1.807) is 11.0 Å². The third kappa shape index (κ3) is 5.67. The summed E-state index contributed by atoms with van der Waals surface area (Å²) in [6.07, 6.45) is 0.151. The second-order valence-corrected chi connectivity index (χ2v) is 15.5. The van der Waals surface area contributed by atoms with Gasteiger partial charge in [-0.2, -0.15) is 4.98 Å². The normalized spacial score (nSPS) is 18.7. The van der Waals surface area contributed by atoms with Crippen molar-refractivity contribution in [2.75, 3.05) is 49.3 Å². The molecule has 10 heteroatoms. The number of nitrogens with zero attached hydrogens (tertiary/aromatic N) is 4. The van der Waals surface area contributed by atoms with Crippen LogP contribution in [-0.4, -0.2) is 69.9 Å². The van der Waals surface area contributed by atoms with Crippen molar-refractivity contribution < 1.29 is 18.7 Å². The number of anilines is 2. The van der Waals surface area contributed by atoms with Gasteiger partial charge in [0.15, 0.2) is 0 Å². The lowest BCUT2D eigenvalue weighted by Crippen LogP contribution is -2.67. The van der Waals surface area contributed by atoms with Gasteiger partial charge in [-0.15, -0.1) is 0 Å². The Labute approximate surface area is 236 Å². The molecule has 0 unspecified atom stereocenters. The fourth-order valence-electron chi connectivity index (χ4n) is 5.47. The van der Waals surface area contributed by atoms with E-state index in [2.05, 4.69) is 74.3 Å². The topological polar surface area (TPSA) is 77.0 Å². The molecular weight excluding hydrogens is 532 g/mol. The smallest absolute Gasteiger partial charge is 0.415 e. The molecule has 1 atom stereocenters. The number of hydrogen-bond donors (Lipinski definition) is 0. The van der Waals surface area contributed by atoms with E-state index in [9.17, 15) is 4.79 Å². The average Bonchev–Trinajstić information content (AvgIpc) is 2.94. The number of halogens is 1. The number of aromatic nitrogens is 2. The Morgan fingerprint density at radius 2 is 1.59 bits per heavy atom. The van der Waals surface area contributed by atoms with Crippen molar-refractivity contribution in [1.29, 1.82) is 0 Å². The summed E-state index contributed by atoms with van der Waals surface area (Å²) in [7, 11) is -2.79. The van der Waals surface area contributed by atoms with Crippen LogP contribution >= 0.6 is 11.6 Å². The first-order valence-corrected chi connectivity index (χ1v) is 15.7. The summed E-state index contributed by atoms with van der Waals surface area (Å²) in [6, 6.07) is 22.3. The summed E-state index contributed by atoms with van der Waals surface area (Å²) < 4.78 is 18.1. The number of ether oxygens (including phenoxy) is 2. The van der Waals surface area contributed by atoms with Crippen molar-refractivity contribution in [2.45, 2.75) is 38.3 Å². The van der Waals surface area contributed by atoms with Crippen LogP contribution < -0.4 is 20.2 Å². The minimum Gasteiger partial charge on any atom is -0.449 e. The molecule has 0 saturated carbocycles. The number of cyclic esters (lactones) is 1. The van der Waals surface area contributed by atoms with Gasteiger partial charge in [-0.05, 0) is 15.4 Å². The zero-order valence-corrected chi connectivity index (χ0v) is 24.4. The second-order valence-electron chi connectivity index (χ2n) is 10.8. The van der Waals surface area contributed by atoms with Gasteiger partial charge in [0.25, 0.3) is 8.32 Å². The SMILES string of the molecule is CC(C)(C)[Si](OC[C@@H]1CCOC(=O)N1c1cc(Cl)nc(N2CCOCC2)n1)(c1ccccc1)c1ccccc1. The Morgan fingerprint density at radius 1 is 0.974 bits per heavy atom. The molecule has 1 amide bonds. The van der Waals surface area contributed by atoms with Crippen molar-refractivity contribution in [3.8, 4) is 0 Å². The molecule has 0 spiro atoms. The van der Waals surface area contributed by atoms with Crippen molar-refractivity contribution in [3.63, 3.8) is 0 Å². The maximum atomic E-state index is 13.2. The van der Waals surface area contributed by atoms with Crippen LogP contribution in [0.1, 0.15) is 27.2 Å². The minimum atomic E-state index is -2.79. The first-order valence-electron chi connectivity index (χ1n) is 13.4. The predicted molar refractivity (Wildman–Crippen MR) is 156 cm³/mol. The number of benzene rings is 2. The molecule has 2 aromatic carbocycles. The van der Waals surface area contributed by atoms with Crippen LogP contribution in [-0.2, 0) is 13.9 Å². The van der Waals surface area contributed by atoms with E-state index in [0.29, 0.717) is 57.7 Å². The highest BCUT2D eigenvalue weighted by Crippen LogP contribution is 2.37. The summed E-state index contributed by atoms with van der Waals surface area (Å²) in [5, 5.41) is 2.46. The van der Waals surface area contributed by atoms with E-state index < -0.39 is 14.4 Å². The summed E-state index contributed by atoms with van der Waals surface area (Å²) in [5.74, 6) is 0.892. The molecule has 3 aromatic rings. The fourth-order valence-corrected chi connectivity index (χ4v) is 10.2. The van der Waals surface area contributed by atoms with Gasteiger partial charge in [-0.1, -0.05) is 93.0 Å². The molecule has 2 aliphatic rings. The van der Waals surface area contributed by atoms with Crippen LogP contribution in [0.5, 0.6) is 0 Å². The summed E-state index contributed by atoms with van der Waals surface area (Å²) in [4.78, 5) is 26.0. The maximum absolute atomic E-state index is 13.2. The molecule has 5 rings (SSSR count). The lowest BCUT2D eigenvalue weighted by atomic mass is 10.2. The van der Waals surface area contributed by atoms with E-state index in [1.807, 2.05) is 17.0 Å². The highest BCUT2D eigenvalue weighted by Gasteiger charge is 2.51. The molecule has 2 aliphatic heterocycles. The molecule has 39 heavy (non-hydrogen) atoms. The molecule has 2 fully saturated rings. The Morgan fingerprint density at radius 3 is 2.18 bits per heavy atom. The maximum Gasteiger partial charge on any atom is 0.415 e. The number of carbonyl (C=O) groups excluding carboxylic acids is 1. The Balaban J connectivity index is 1.51. The standard InChI is InChI=1S/C29H35ClN4O4Si/c1-29(2,3)39(23-10-6-4-7-11-23,24-12-8-5-9-13-24)38-21-22-14-17-37-28(35)34(22)26-20-25(30)31-27(32-26)33-15-18-36-19-16-33/h4-13,20,22H,14-19,21H2,1-3H3/t22-/m0/s1. The van der Waals surface area contributed by atoms with E-state index in [-0.39, 0.29) is 16.2 Å². The number of hydrogen-bond acceptors (Lipinski definition) is 7. The summed E-state index contributed by atoms with van der Waals surface area (Å²) in [5.41, 5.74) is 0. The van der Waals surface area contributed by atoms with Crippen LogP contribution in [0.25, 0.3) is 0 Å². The van der Waals surface area contributed by atoms with Crippen LogP contribution in [0.15, 0.2) is 66.7 Å². The van der Waals surface area contributed by atoms with Crippen LogP contribution in [0, 0.1) is 0 Å². The fraction of sp³-hybridized carbons (Fsp3) is 0.414. The van der Waals surface area contributed by atoms with Crippen LogP contribution in [0.4, 0.5) is 16.6 Å². The van der Waals surface area contributed by atoms with Crippen LogP contribution in [0.2, 0.25) is 10.2 Å².